The summed E-state index contributed by atoms with van der Waals surface area (Å²) in [6, 6.07) is 10.7. The number of rotatable bonds is 7. The second-order valence-electron chi connectivity index (χ2n) is 4.69. The maximum Gasteiger partial charge on any atom is 0.0645 e. The highest BCUT2D eigenvalue weighted by Crippen LogP contribution is 2.08. The first-order valence-electron chi connectivity index (χ1n) is 6.61. The molecule has 1 unspecified atom stereocenters. The van der Waals surface area contributed by atoms with Gasteiger partial charge in [0.15, 0.2) is 0 Å². The number of hydrogen-bond donors (Lipinski definition) is 1. The fraction of sp³-hybridized carbons (Fsp3) is 0.400. The second-order valence-corrected chi connectivity index (χ2v) is 5.68. The van der Waals surface area contributed by atoms with Gasteiger partial charge in [-0.1, -0.05) is 18.2 Å². The van der Waals surface area contributed by atoms with Gasteiger partial charge in [-0.2, -0.15) is 16.9 Å². The normalized spacial score (nSPS) is 12.5. The van der Waals surface area contributed by atoms with E-state index in [4.69, 9.17) is 0 Å². The molecule has 4 heteroatoms. The Kier molecular flexibility index (Phi) is 5.48. The molecule has 0 spiro atoms. The van der Waals surface area contributed by atoms with Crippen LogP contribution in [0.5, 0.6) is 0 Å². The molecule has 1 aromatic heterocycles. The van der Waals surface area contributed by atoms with Crippen molar-refractivity contribution in [1.82, 2.24) is 15.1 Å². The molecule has 0 saturated carbocycles. The number of hydrogen-bond acceptors (Lipinski definition) is 3. The molecule has 102 valence electrons. The van der Waals surface area contributed by atoms with E-state index in [0.717, 1.165) is 12.2 Å². The van der Waals surface area contributed by atoms with Crippen LogP contribution >= 0.6 is 11.8 Å². The third-order valence-electron chi connectivity index (χ3n) is 3.07. The lowest BCUT2D eigenvalue weighted by Crippen LogP contribution is -2.25. The molecule has 1 N–H and O–H groups in total. The minimum atomic E-state index is 0.549. The predicted octanol–water partition coefficient (Wildman–Crippen LogP) is 3.10. The summed E-state index contributed by atoms with van der Waals surface area (Å²) in [4.78, 5) is 0. The Morgan fingerprint density at radius 2 is 2.11 bits per heavy atom. The second kappa shape index (κ2) is 7.36. The molecule has 3 nitrogen and oxygen atoms in total. The van der Waals surface area contributed by atoms with Crippen LogP contribution in [0.1, 0.15) is 18.9 Å². The molecule has 2 aromatic rings. The van der Waals surface area contributed by atoms with Crippen molar-refractivity contribution in [2.45, 2.75) is 25.9 Å². The molecule has 0 aliphatic rings. The van der Waals surface area contributed by atoms with Gasteiger partial charge in [0.1, 0.15) is 0 Å². The number of nitrogens with zero attached hydrogens (tertiary/aromatic N) is 2. The van der Waals surface area contributed by atoms with Crippen molar-refractivity contribution < 1.29 is 0 Å². The standard InChI is InChI=1S/C15H21N3S/c1-13(8-9-19-2)16-10-14-11-17-18(12-14)15-6-4-3-5-7-15/h3-7,11-13,16H,8-10H2,1-2H3. The minimum Gasteiger partial charge on any atom is -0.310 e. The highest BCUT2D eigenvalue weighted by Gasteiger charge is 2.03. The Morgan fingerprint density at radius 3 is 2.84 bits per heavy atom. The van der Waals surface area contributed by atoms with Gasteiger partial charge in [0.2, 0.25) is 0 Å². The van der Waals surface area contributed by atoms with Gasteiger partial charge < -0.3 is 5.32 Å². The molecule has 0 aliphatic heterocycles. The van der Waals surface area contributed by atoms with Gasteiger partial charge in [0.25, 0.3) is 0 Å². The van der Waals surface area contributed by atoms with Crippen LogP contribution in [0.25, 0.3) is 5.69 Å². The number of para-hydroxylation sites is 1. The van der Waals surface area contributed by atoms with Gasteiger partial charge in [0, 0.05) is 24.3 Å². The molecule has 0 saturated heterocycles. The van der Waals surface area contributed by atoms with Gasteiger partial charge in [0.05, 0.1) is 11.9 Å². The minimum absolute atomic E-state index is 0.549. The van der Waals surface area contributed by atoms with Crippen molar-refractivity contribution in [3.8, 4) is 5.69 Å². The molecule has 1 atom stereocenters. The van der Waals surface area contributed by atoms with E-state index < -0.39 is 0 Å². The maximum absolute atomic E-state index is 4.40. The van der Waals surface area contributed by atoms with E-state index in [9.17, 15) is 0 Å². The lowest BCUT2D eigenvalue weighted by Gasteiger charge is -2.11. The van der Waals surface area contributed by atoms with Crippen LogP contribution in [0.15, 0.2) is 42.7 Å². The lowest BCUT2D eigenvalue weighted by atomic mass is 10.2. The van der Waals surface area contributed by atoms with Crippen LogP contribution in [0.4, 0.5) is 0 Å². The average molecular weight is 275 g/mol. The smallest absolute Gasteiger partial charge is 0.0645 e. The van der Waals surface area contributed by atoms with Crippen molar-refractivity contribution in [2.24, 2.45) is 0 Å². The van der Waals surface area contributed by atoms with Gasteiger partial charge in [-0.3, -0.25) is 0 Å². The first kappa shape index (κ1) is 14.2. The number of benzene rings is 1. The van der Waals surface area contributed by atoms with E-state index in [1.165, 1.54) is 17.7 Å². The van der Waals surface area contributed by atoms with Crippen molar-refractivity contribution in [1.29, 1.82) is 0 Å². The van der Waals surface area contributed by atoms with Gasteiger partial charge >= 0.3 is 0 Å². The van der Waals surface area contributed by atoms with E-state index in [2.05, 4.69) is 41.9 Å². The average Bonchev–Trinajstić information content (AvgIpc) is 2.93. The van der Waals surface area contributed by atoms with Crippen molar-refractivity contribution in [3.05, 3.63) is 48.3 Å². The molecular weight excluding hydrogens is 254 g/mol. The Balaban J connectivity index is 1.88. The Morgan fingerprint density at radius 1 is 1.32 bits per heavy atom. The number of nitrogens with one attached hydrogen (secondary N) is 1. The molecule has 0 fully saturated rings. The summed E-state index contributed by atoms with van der Waals surface area (Å²) in [5.41, 5.74) is 2.32. The van der Waals surface area contributed by atoms with E-state index >= 15 is 0 Å². The van der Waals surface area contributed by atoms with Crippen LogP contribution in [0.3, 0.4) is 0 Å². The van der Waals surface area contributed by atoms with Crippen molar-refractivity contribution in [2.75, 3.05) is 12.0 Å². The first-order chi connectivity index (χ1) is 9.29. The molecule has 0 aliphatic carbocycles. The fourth-order valence-electron chi connectivity index (χ4n) is 1.86. The number of thioether (sulfide) groups is 1. The zero-order valence-electron chi connectivity index (χ0n) is 11.5. The molecule has 0 bridgehead atoms. The third kappa shape index (κ3) is 4.40. The third-order valence-corrected chi connectivity index (χ3v) is 3.71. The molecule has 1 aromatic carbocycles. The quantitative estimate of drug-likeness (QED) is 0.842. The van der Waals surface area contributed by atoms with E-state index in [0.29, 0.717) is 6.04 Å². The monoisotopic (exact) mass is 275 g/mol. The van der Waals surface area contributed by atoms with E-state index in [1.54, 1.807) is 0 Å². The number of aromatic nitrogens is 2. The van der Waals surface area contributed by atoms with Crippen molar-refractivity contribution >= 4 is 11.8 Å². The Labute approximate surface area is 119 Å². The molecule has 0 amide bonds. The molecule has 2 rings (SSSR count). The highest BCUT2D eigenvalue weighted by atomic mass is 32.2. The van der Waals surface area contributed by atoms with Gasteiger partial charge in [-0.25, -0.2) is 4.68 Å². The summed E-state index contributed by atoms with van der Waals surface area (Å²) in [5, 5.41) is 7.93. The Hall–Kier alpha value is -1.26. The largest absolute Gasteiger partial charge is 0.310 e. The summed E-state index contributed by atoms with van der Waals surface area (Å²) in [6.45, 7) is 3.11. The van der Waals surface area contributed by atoms with Gasteiger partial charge in [-0.05, 0) is 37.5 Å². The highest BCUT2D eigenvalue weighted by molar-refractivity contribution is 7.98. The Bertz CT molecular complexity index is 481. The summed E-state index contributed by atoms with van der Waals surface area (Å²) >= 11 is 1.90. The van der Waals surface area contributed by atoms with Crippen molar-refractivity contribution in [3.63, 3.8) is 0 Å². The SMILES string of the molecule is CSCCC(C)NCc1cnn(-c2ccccc2)c1. The molecule has 19 heavy (non-hydrogen) atoms. The molecule has 0 radical (unpaired) electrons. The van der Waals surface area contributed by atoms with Crippen LogP contribution in [-0.2, 0) is 6.54 Å². The summed E-state index contributed by atoms with van der Waals surface area (Å²) in [6.07, 6.45) is 7.37. The topological polar surface area (TPSA) is 29.9 Å². The summed E-state index contributed by atoms with van der Waals surface area (Å²) < 4.78 is 1.92. The first-order valence-corrected chi connectivity index (χ1v) is 8.00. The summed E-state index contributed by atoms with van der Waals surface area (Å²) in [5.74, 6) is 1.21. The zero-order valence-corrected chi connectivity index (χ0v) is 12.4. The zero-order chi connectivity index (χ0) is 13.5. The van der Waals surface area contributed by atoms with Crippen LogP contribution in [-0.4, -0.2) is 27.8 Å². The molecule has 1 heterocycles. The van der Waals surface area contributed by atoms with E-state index in [-0.39, 0.29) is 0 Å². The van der Waals surface area contributed by atoms with Crippen LogP contribution < -0.4 is 5.32 Å². The van der Waals surface area contributed by atoms with E-state index in [1.807, 2.05) is 40.8 Å². The summed E-state index contributed by atoms with van der Waals surface area (Å²) in [7, 11) is 0. The maximum atomic E-state index is 4.40. The lowest BCUT2D eigenvalue weighted by molar-refractivity contribution is 0.537. The molecular formula is C15H21N3S. The fourth-order valence-corrected chi connectivity index (χ4v) is 2.45. The predicted molar refractivity (Wildman–Crippen MR) is 82.9 cm³/mol. The van der Waals surface area contributed by atoms with Crippen LogP contribution in [0.2, 0.25) is 0 Å². The van der Waals surface area contributed by atoms with Crippen LogP contribution in [0, 0.1) is 0 Å². The van der Waals surface area contributed by atoms with Gasteiger partial charge in [-0.15, -0.1) is 0 Å².